The van der Waals surface area contributed by atoms with Gasteiger partial charge in [-0.1, -0.05) is 23.9 Å². The fraction of sp³-hybridized carbons (Fsp3) is 0.235. The Labute approximate surface area is 148 Å². The van der Waals surface area contributed by atoms with Crippen LogP contribution in [0.25, 0.3) is 5.78 Å². The summed E-state index contributed by atoms with van der Waals surface area (Å²) >= 11 is 1.40. The Morgan fingerprint density at radius 2 is 1.72 bits per heavy atom. The van der Waals surface area contributed by atoms with Crippen molar-refractivity contribution in [2.75, 3.05) is 12.3 Å². The van der Waals surface area contributed by atoms with Gasteiger partial charge < -0.3 is 0 Å². The lowest BCUT2D eigenvalue weighted by Gasteiger charge is -2.12. The molecule has 25 heavy (non-hydrogen) atoms. The topological polar surface area (TPSA) is 80.5 Å². The van der Waals surface area contributed by atoms with Crippen molar-refractivity contribution in [3.63, 3.8) is 0 Å². The third-order valence-corrected chi connectivity index (χ3v) is 4.84. The first-order valence-electron chi connectivity index (χ1n) is 7.83. The minimum absolute atomic E-state index is 0.239. The number of fused-ring (bicyclic) bond motifs is 2. The van der Waals surface area contributed by atoms with Gasteiger partial charge in [0.25, 0.3) is 17.6 Å². The molecule has 7 nitrogen and oxygen atoms in total. The monoisotopic (exact) mass is 353 g/mol. The molecule has 1 aliphatic rings. The number of hydrogen-bond donors (Lipinski definition) is 0. The Balaban J connectivity index is 1.46. The summed E-state index contributed by atoms with van der Waals surface area (Å²) in [7, 11) is 0. The van der Waals surface area contributed by atoms with Crippen molar-refractivity contribution < 1.29 is 9.59 Å². The summed E-state index contributed by atoms with van der Waals surface area (Å²) in [6, 6.07) is 8.83. The first-order valence-corrected chi connectivity index (χ1v) is 8.82. The van der Waals surface area contributed by atoms with E-state index in [2.05, 4.69) is 15.1 Å². The van der Waals surface area contributed by atoms with Gasteiger partial charge in [-0.15, -0.1) is 5.10 Å². The molecule has 0 atom stereocenters. The Morgan fingerprint density at radius 1 is 1.04 bits per heavy atom. The van der Waals surface area contributed by atoms with Crippen molar-refractivity contribution in [3.8, 4) is 0 Å². The number of rotatable bonds is 4. The summed E-state index contributed by atoms with van der Waals surface area (Å²) in [5.74, 6) is 0.607. The minimum Gasteiger partial charge on any atom is -0.273 e. The normalized spacial score (nSPS) is 13.8. The summed E-state index contributed by atoms with van der Waals surface area (Å²) in [6.07, 6.45) is 0. The Bertz CT molecular complexity index is 978. The molecule has 4 rings (SSSR count). The van der Waals surface area contributed by atoms with Crippen LogP contribution >= 0.6 is 11.8 Å². The zero-order chi connectivity index (χ0) is 17.6. The van der Waals surface area contributed by atoms with E-state index in [9.17, 15) is 9.59 Å². The van der Waals surface area contributed by atoms with Gasteiger partial charge in [-0.3, -0.25) is 14.5 Å². The van der Waals surface area contributed by atoms with Crippen LogP contribution in [0.5, 0.6) is 0 Å². The lowest BCUT2D eigenvalue weighted by atomic mass is 10.1. The van der Waals surface area contributed by atoms with Gasteiger partial charge in [-0.25, -0.2) is 9.50 Å². The molecule has 0 fully saturated rings. The van der Waals surface area contributed by atoms with E-state index in [1.807, 2.05) is 19.9 Å². The molecule has 0 N–H and O–H groups in total. The van der Waals surface area contributed by atoms with Gasteiger partial charge in [0.15, 0.2) is 0 Å². The van der Waals surface area contributed by atoms with E-state index in [-0.39, 0.29) is 11.8 Å². The van der Waals surface area contributed by atoms with Crippen LogP contribution in [0, 0.1) is 13.8 Å². The molecule has 0 spiro atoms. The van der Waals surface area contributed by atoms with E-state index in [4.69, 9.17) is 0 Å². The summed E-state index contributed by atoms with van der Waals surface area (Å²) in [5.41, 5.74) is 2.79. The number of aryl methyl sites for hydroxylation is 2. The van der Waals surface area contributed by atoms with Gasteiger partial charge in [0.1, 0.15) is 0 Å². The molecular formula is C17H15N5O2S. The average Bonchev–Trinajstić information content (AvgIpc) is 3.10. The Morgan fingerprint density at radius 3 is 2.40 bits per heavy atom. The number of nitrogens with zero attached hydrogens (tertiary/aromatic N) is 5. The van der Waals surface area contributed by atoms with Crippen LogP contribution in [0.1, 0.15) is 32.1 Å². The van der Waals surface area contributed by atoms with E-state index >= 15 is 0 Å². The predicted octanol–water partition coefficient (Wildman–Crippen LogP) is 2.13. The summed E-state index contributed by atoms with van der Waals surface area (Å²) < 4.78 is 1.69. The molecule has 0 radical (unpaired) electrons. The molecule has 0 saturated heterocycles. The van der Waals surface area contributed by atoms with Crippen LogP contribution in [0.3, 0.4) is 0 Å². The van der Waals surface area contributed by atoms with Crippen molar-refractivity contribution in [2.45, 2.75) is 19.0 Å². The SMILES string of the molecule is Cc1cc(C)n2nc(SCCN3C(=O)c4ccccc4C3=O)nc2n1. The molecule has 1 aromatic carbocycles. The minimum atomic E-state index is -0.239. The second kappa shape index (κ2) is 5.96. The first kappa shape index (κ1) is 15.8. The van der Waals surface area contributed by atoms with E-state index in [1.165, 1.54) is 16.7 Å². The van der Waals surface area contributed by atoms with Crippen LogP contribution in [-0.2, 0) is 0 Å². The molecule has 1 aliphatic heterocycles. The number of carbonyl (C=O) groups is 2. The zero-order valence-corrected chi connectivity index (χ0v) is 14.6. The molecule has 3 heterocycles. The van der Waals surface area contributed by atoms with Crippen LogP contribution in [0.4, 0.5) is 0 Å². The molecule has 0 bridgehead atoms. The van der Waals surface area contributed by atoms with Crippen LogP contribution in [0.15, 0.2) is 35.5 Å². The number of aromatic nitrogens is 4. The maximum atomic E-state index is 12.3. The maximum absolute atomic E-state index is 12.3. The highest BCUT2D eigenvalue weighted by Crippen LogP contribution is 2.23. The molecule has 3 aromatic rings. The molecule has 0 aliphatic carbocycles. The second-order valence-corrected chi connectivity index (χ2v) is 6.86. The zero-order valence-electron chi connectivity index (χ0n) is 13.8. The van der Waals surface area contributed by atoms with E-state index < -0.39 is 0 Å². The number of hydrogen-bond acceptors (Lipinski definition) is 6. The largest absolute Gasteiger partial charge is 0.273 e. The third kappa shape index (κ3) is 2.68. The smallest absolute Gasteiger partial charge is 0.261 e. The fourth-order valence-corrected chi connectivity index (χ4v) is 3.62. The maximum Gasteiger partial charge on any atom is 0.261 e. The van der Waals surface area contributed by atoms with Crippen molar-refractivity contribution in [3.05, 3.63) is 52.8 Å². The first-order chi connectivity index (χ1) is 12.0. The van der Waals surface area contributed by atoms with Gasteiger partial charge in [0.2, 0.25) is 5.16 Å². The van der Waals surface area contributed by atoms with Crippen LogP contribution in [0.2, 0.25) is 0 Å². The number of imide groups is 1. The highest BCUT2D eigenvalue weighted by atomic mass is 32.2. The fourth-order valence-electron chi connectivity index (χ4n) is 2.88. The Kier molecular flexibility index (Phi) is 3.76. The average molecular weight is 353 g/mol. The van der Waals surface area contributed by atoms with E-state index in [1.54, 1.807) is 28.8 Å². The number of thioether (sulfide) groups is 1. The third-order valence-electron chi connectivity index (χ3n) is 4.02. The molecule has 0 unspecified atom stereocenters. The predicted molar refractivity (Wildman–Crippen MR) is 92.8 cm³/mol. The number of amides is 2. The van der Waals surface area contributed by atoms with Crippen molar-refractivity contribution in [1.82, 2.24) is 24.5 Å². The standard InChI is InChI=1S/C17H15N5O2S/c1-10-9-11(2)22-16(18-10)19-17(20-22)25-8-7-21-14(23)12-5-3-4-6-13(12)15(21)24/h3-6,9H,7-8H2,1-2H3. The molecule has 2 aromatic heterocycles. The lowest BCUT2D eigenvalue weighted by molar-refractivity contribution is 0.0664. The highest BCUT2D eigenvalue weighted by Gasteiger charge is 2.34. The number of benzene rings is 1. The number of carbonyl (C=O) groups excluding carboxylic acids is 2. The van der Waals surface area contributed by atoms with Gasteiger partial charge in [0, 0.05) is 23.7 Å². The summed E-state index contributed by atoms with van der Waals surface area (Å²) in [4.78, 5) is 34.7. The molecule has 8 heteroatoms. The quantitative estimate of drug-likeness (QED) is 0.528. The Hall–Kier alpha value is -2.74. The summed E-state index contributed by atoms with van der Waals surface area (Å²) in [5, 5.41) is 4.99. The summed E-state index contributed by atoms with van der Waals surface area (Å²) in [6.45, 7) is 4.18. The van der Waals surface area contributed by atoms with Gasteiger partial charge in [0.05, 0.1) is 11.1 Å². The van der Waals surface area contributed by atoms with Gasteiger partial charge >= 0.3 is 0 Å². The van der Waals surface area contributed by atoms with Crippen LogP contribution in [-0.4, -0.2) is 48.6 Å². The molecule has 2 amide bonds. The van der Waals surface area contributed by atoms with Crippen LogP contribution < -0.4 is 0 Å². The lowest BCUT2D eigenvalue weighted by Crippen LogP contribution is -2.31. The van der Waals surface area contributed by atoms with Crippen molar-refractivity contribution >= 4 is 29.4 Å². The molecular weight excluding hydrogens is 338 g/mol. The molecule has 0 saturated carbocycles. The second-order valence-electron chi connectivity index (χ2n) is 5.80. The van der Waals surface area contributed by atoms with Crippen molar-refractivity contribution in [2.24, 2.45) is 0 Å². The van der Waals surface area contributed by atoms with Gasteiger partial charge in [-0.2, -0.15) is 4.98 Å². The van der Waals surface area contributed by atoms with E-state index in [0.29, 0.717) is 34.4 Å². The molecule has 126 valence electrons. The van der Waals surface area contributed by atoms with Gasteiger partial charge in [-0.05, 0) is 32.0 Å². The highest BCUT2D eigenvalue weighted by molar-refractivity contribution is 7.99. The van der Waals surface area contributed by atoms with E-state index in [0.717, 1.165) is 11.4 Å². The van der Waals surface area contributed by atoms with Crippen molar-refractivity contribution in [1.29, 1.82) is 0 Å².